The molecule has 1 N–H and O–H groups in total. The number of nitrogens with zero attached hydrogens (tertiary/aromatic N) is 5. The molecule has 0 spiro atoms. The number of benzene rings is 2. The van der Waals surface area contributed by atoms with E-state index in [0.29, 0.717) is 40.6 Å². The fourth-order valence-electron chi connectivity index (χ4n) is 5.09. The Balaban J connectivity index is 1.44. The first-order valence-corrected chi connectivity index (χ1v) is 15.2. The lowest BCUT2D eigenvalue weighted by Gasteiger charge is -2.32. The largest absolute Gasteiger partial charge is 0.326 e. The second-order valence-electron chi connectivity index (χ2n) is 9.47. The molecule has 0 saturated carbocycles. The van der Waals surface area contributed by atoms with Crippen LogP contribution in [0.2, 0.25) is 5.02 Å². The number of thiazole rings is 1. The minimum atomic E-state index is -3.62. The quantitative estimate of drug-likeness (QED) is 0.339. The first-order chi connectivity index (χ1) is 18.8. The molecule has 2 aromatic heterocycles. The van der Waals surface area contributed by atoms with E-state index in [0.717, 1.165) is 11.3 Å². The molecule has 1 fully saturated rings. The highest BCUT2D eigenvalue weighted by molar-refractivity contribution is 7.88. The molecule has 0 bridgehead atoms. The molecule has 6 rings (SSSR count). The van der Waals surface area contributed by atoms with Crippen LogP contribution < -0.4 is 4.72 Å². The van der Waals surface area contributed by atoms with Crippen LogP contribution in [0.1, 0.15) is 34.3 Å². The van der Waals surface area contributed by atoms with E-state index < -0.39 is 27.9 Å². The number of rotatable bonds is 7. The van der Waals surface area contributed by atoms with Crippen LogP contribution >= 0.6 is 22.9 Å². The summed E-state index contributed by atoms with van der Waals surface area (Å²) in [4.78, 5) is 11.6. The van der Waals surface area contributed by atoms with Crippen molar-refractivity contribution in [1.29, 1.82) is 0 Å². The van der Waals surface area contributed by atoms with E-state index in [2.05, 4.69) is 14.8 Å². The van der Waals surface area contributed by atoms with Gasteiger partial charge >= 0.3 is 0 Å². The molecule has 1 saturated heterocycles. The predicted molar refractivity (Wildman–Crippen MR) is 150 cm³/mol. The molecule has 1 unspecified atom stereocenters. The van der Waals surface area contributed by atoms with Gasteiger partial charge < -0.3 is 4.90 Å². The highest BCUT2D eigenvalue weighted by Crippen LogP contribution is 2.46. The lowest BCUT2D eigenvalue weighted by molar-refractivity contribution is 0.517. The second kappa shape index (κ2) is 10.3. The van der Waals surface area contributed by atoms with Gasteiger partial charge in [0.25, 0.3) is 0 Å². The van der Waals surface area contributed by atoms with Crippen LogP contribution in [0.5, 0.6) is 0 Å². The summed E-state index contributed by atoms with van der Waals surface area (Å²) < 4.78 is 44.9. The number of halogens is 2. The maximum Gasteiger partial charge on any atom is 0.216 e. The van der Waals surface area contributed by atoms with Crippen LogP contribution in [0, 0.1) is 5.82 Å². The highest BCUT2D eigenvalue weighted by atomic mass is 35.5. The summed E-state index contributed by atoms with van der Waals surface area (Å²) in [5.41, 5.74) is 3.72. The molecule has 39 heavy (non-hydrogen) atoms. The average molecular weight is 583 g/mol. The third-order valence-electron chi connectivity index (χ3n) is 6.68. The zero-order chi connectivity index (χ0) is 27.1. The van der Waals surface area contributed by atoms with Crippen molar-refractivity contribution in [2.24, 2.45) is 12.0 Å². The van der Waals surface area contributed by atoms with E-state index in [1.807, 2.05) is 47.8 Å². The summed E-state index contributed by atoms with van der Waals surface area (Å²) in [6.07, 6.45) is 3.96. The molecular formula is C27H24ClFN6O2S2. The molecule has 4 aromatic rings. The van der Waals surface area contributed by atoms with E-state index in [9.17, 15) is 12.8 Å². The van der Waals surface area contributed by atoms with Gasteiger partial charge in [-0.2, -0.15) is 5.10 Å². The van der Waals surface area contributed by atoms with Gasteiger partial charge in [-0.25, -0.2) is 22.5 Å². The summed E-state index contributed by atoms with van der Waals surface area (Å²) in [5.74, 6) is 0.0681. The average Bonchev–Trinajstić information content (AvgIpc) is 3.65. The zero-order valence-corrected chi connectivity index (χ0v) is 23.2. The number of aryl methyl sites for hydroxylation is 1. The number of amidine groups is 1. The van der Waals surface area contributed by atoms with Gasteiger partial charge in [0.2, 0.25) is 10.0 Å². The van der Waals surface area contributed by atoms with E-state index in [1.165, 1.54) is 23.5 Å². The topological polar surface area (TPSA) is 92.5 Å². The van der Waals surface area contributed by atoms with Crippen LogP contribution in [-0.4, -0.2) is 46.5 Å². The van der Waals surface area contributed by atoms with E-state index in [4.69, 9.17) is 16.6 Å². The second-order valence-corrected chi connectivity index (χ2v) is 12.5. The lowest BCUT2D eigenvalue weighted by atomic mass is 9.92. The third-order valence-corrected chi connectivity index (χ3v) is 9.18. The fourth-order valence-corrected chi connectivity index (χ4v) is 7.38. The van der Waals surface area contributed by atoms with Crippen LogP contribution in [0.15, 0.2) is 83.1 Å². The van der Waals surface area contributed by atoms with E-state index >= 15 is 0 Å². The highest BCUT2D eigenvalue weighted by Gasteiger charge is 2.41. The molecular weight excluding hydrogens is 559 g/mol. The van der Waals surface area contributed by atoms with Gasteiger partial charge in [-0.3, -0.25) is 9.67 Å². The van der Waals surface area contributed by atoms with Crippen molar-refractivity contribution in [3.8, 4) is 0 Å². The Morgan fingerprint density at radius 3 is 2.69 bits per heavy atom. The zero-order valence-electron chi connectivity index (χ0n) is 20.8. The first-order valence-electron chi connectivity index (χ1n) is 12.2. The normalized spacial score (nSPS) is 19.4. The third kappa shape index (κ3) is 5.27. The molecule has 2 atom stereocenters. The van der Waals surface area contributed by atoms with E-state index in [-0.39, 0.29) is 10.8 Å². The standard InChI is InChI=1S/C27H24ClFN6O2S2/c1-34-11-9-22(32-34)24-23-14-19(33-39(36,37)16-17-5-3-2-4-6-17)15-35(23)26(27-30-10-12-38-27)31-25(24)20-8-7-18(29)13-21(20)28/h2-13,19,25,33H,14-16H2,1H3/t19?,25-/m0/s1. The van der Waals surface area contributed by atoms with Crippen molar-refractivity contribution in [3.63, 3.8) is 0 Å². The Kier molecular flexibility index (Phi) is 6.84. The van der Waals surface area contributed by atoms with Gasteiger partial charge in [-0.15, -0.1) is 11.3 Å². The number of hydrogen-bond donors (Lipinski definition) is 1. The van der Waals surface area contributed by atoms with Gasteiger partial charge in [-0.05, 0) is 23.8 Å². The van der Waals surface area contributed by atoms with Gasteiger partial charge in [0.1, 0.15) is 11.9 Å². The number of nitrogens with one attached hydrogen (secondary N) is 1. The van der Waals surface area contributed by atoms with Crippen LogP contribution in [-0.2, 0) is 22.8 Å². The molecule has 200 valence electrons. The van der Waals surface area contributed by atoms with Crippen LogP contribution in [0.4, 0.5) is 4.39 Å². The lowest BCUT2D eigenvalue weighted by Crippen LogP contribution is -2.39. The molecule has 8 nitrogen and oxygen atoms in total. The summed E-state index contributed by atoms with van der Waals surface area (Å²) in [5, 5.41) is 7.47. The van der Waals surface area contributed by atoms with Gasteiger partial charge in [-0.1, -0.05) is 48.0 Å². The van der Waals surface area contributed by atoms with E-state index in [1.54, 1.807) is 29.1 Å². The smallest absolute Gasteiger partial charge is 0.216 e. The van der Waals surface area contributed by atoms with Crippen LogP contribution in [0.25, 0.3) is 5.57 Å². The Bertz CT molecular complexity index is 1690. The number of aromatic nitrogens is 3. The molecule has 2 aromatic carbocycles. The predicted octanol–water partition coefficient (Wildman–Crippen LogP) is 4.78. The molecule has 2 aliphatic rings. The van der Waals surface area contributed by atoms with Crippen molar-refractivity contribution in [2.45, 2.75) is 24.3 Å². The molecule has 4 heterocycles. The summed E-state index contributed by atoms with van der Waals surface area (Å²) in [6, 6.07) is 14.3. The summed E-state index contributed by atoms with van der Waals surface area (Å²) >= 11 is 8.00. The molecule has 0 radical (unpaired) electrons. The van der Waals surface area contributed by atoms with Crippen molar-refractivity contribution in [2.75, 3.05) is 6.54 Å². The van der Waals surface area contributed by atoms with Gasteiger partial charge in [0.15, 0.2) is 10.8 Å². The number of fused-ring (bicyclic) bond motifs is 1. The Morgan fingerprint density at radius 2 is 2.00 bits per heavy atom. The maximum absolute atomic E-state index is 14.0. The molecule has 0 aliphatic carbocycles. The molecule has 12 heteroatoms. The maximum atomic E-state index is 14.0. The van der Waals surface area contributed by atoms with Gasteiger partial charge in [0, 0.05) is 65.7 Å². The number of aliphatic imine (C=N–C) groups is 1. The summed E-state index contributed by atoms with van der Waals surface area (Å²) in [7, 11) is -1.79. The first kappa shape index (κ1) is 25.9. The minimum Gasteiger partial charge on any atom is -0.326 e. The number of sulfonamides is 1. The van der Waals surface area contributed by atoms with Gasteiger partial charge in [0.05, 0.1) is 11.4 Å². The van der Waals surface area contributed by atoms with Crippen LogP contribution in [0.3, 0.4) is 0 Å². The monoisotopic (exact) mass is 582 g/mol. The molecule has 2 aliphatic heterocycles. The SMILES string of the molecule is Cn1ccc(C2=C3CC(NS(=O)(=O)Cc4ccccc4)CN3C(c3nccs3)=N[C@H]2c2ccc(F)cc2Cl)n1. The Labute approximate surface area is 234 Å². The fraction of sp³-hybridized carbons (Fsp3) is 0.222. The minimum absolute atomic E-state index is 0.113. The van der Waals surface area contributed by atoms with Crippen molar-refractivity contribution in [3.05, 3.63) is 111 Å². The van der Waals surface area contributed by atoms with Crippen molar-refractivity contribution < 1.29 is 12.8 Å². The number of hydrogen-bond acceptors (Lipinski definition) is 7. The van der Waals surface area contributed by atoms with Crippen molar-refractivity contribution in [1.82, 2.24) is 24.4 Å². The van der Waals surface area contributed by atoms with Crippen molar-refractivity contribution >= 4 is 44.4 Å². The summed E-state index contributed by atoms with van der Waals surface area (Å²) in [6.45, 7) is 0.377. The Hall–Kier alpha value is -3.38. The Morgan fingerprint density at radius 1 is 1.18 bits per heavy atom. The molecule has 0 amide bonds.